The number of anilines is 1. The highest BCUT2D eigenvalue weighted by molar-refractivity contribution is 9.10. The van der Waals surface area contributed by atoms with Gasteiger partial charge in [-0.15, -0.1) is 0 Å². The topological polar surface area (TPSA) is 250 Å². The first-order chi connectivity index (χ1) is 13.8. The molecule has 22 heteroatoms. The Balaban J connectivity index is 2.19. The second-order valence-corrected chi connectivity index (χ2v) is 11.5. The minimum Gasteiger partial charge on any atom is -0.384 e. The molecule has 0 bridgehead atoms. The monoisotopic (exact) mass is 581 g/mol. The van der Waals surface area contributed by atoms with Gasteiger partial charge in [0.25, 0.3) is 0 Å². The van der Waals surface area contributed by atoms with E-state index in [1.165, 1.54) is 0 Å². The minimum atomic E-state index is -5.83. The summed E-state index contributed by atoms with van der Waals surface area (Å²) >= 11 is 2.66. The quantitative estimate of drug-likeness (QED) is 0.166. The average molecular weight is 582 g/mol. The van der Waals surface area contributed by atoms with Gasteiger partial charge in [-0.1, -0.05) is 0 Å². The van der Waals surface area contributed by atoms with E-state index in [0.717, 1.165) is 0 Å². The molecule has 2 heterocycles. The second-order valence-electron chi connectivity index (χ2n) is 5.79. The van der Waals surface area contributed by atoms with E-state index in [2.05, 4.69) is 34.1 Å². The maximum atomic E-state index is 15.3. The molecule has 7 N–H and O–H groups in total. The van der Waals surface area contributed by atoms with E-state index >= 15 is 4.39 Å². The SMILES string of the molecule is Nc1nc(=O)n([C@]2(F)CO[C@](Br)(COP(=O)(O)OP(=O)(O)OP(=O)(O)O)[C@H]2O)cc1F. The van der Waals surface area contributed by atoms with Gasteiger partial charge in [0, 0.05) is 0 Å². The van der Waals surface area contributed by atoms with Crippen molar-refractivity contribution in [2.75, 3.05) is 18.9 Å². The zero-order chi connectivity index (χ0) is 24.0. The number of phosphoric ester groups is 1. The van der Waals surface area contributed by atoms with Crippen LogP contribution in [0.2, 0.25) is 0 Å². The predicted molar refractivity (Wildman–Crippen MR) is 95.4 cm³/mol. The van der Waals surface area contributed by atoms with Crippen molar-refractivity contribution >= 4 is 45.2 Å². The van der Waals surface area contributed by atoms with E-state index in [-0.39, 0.29) is 4.57 Å². The number of aliphatic hydroxyl groups excluding tert-OH is 1. The van der Waals surface area contributed by atoms with Crippen LogP contribution in [0.15, 0.2) is 11.0 Å². The molecular formula is C9H13BrF2N3O13P3. The highest BCUT2D eigenvalue weighted by atomic mass is 79.9. The maximum absolute atomic E-state index is 15.3. The number of phosphoric acid groups is 3. The third-order valence-corrected chi connectivity index (χ3v) is 8.17. The molecule has 1 aliphatic rings. The van der Waals surface area contributed by atoms with Gasteiger partial charge in [-0.25, -0.2) is 27.3 Å². The van der Waals surface area contributed by atoms with E-state index in [1.807, 2.05) is 0 Å². The molecule has 0 aromatic carbocycles. The first kappa shape index (κ1) is 26.6. The molecule has 0 radical (unpaired) electrons. The third kappa shape index (κ3) is 6.23. The molecule has 0 saturated carbocycles. The fourth-order valence-corrected chi connectivity index (χ4v) is 6.02. The van der Waals surface area contributed by atoms with Crippen LogP contribution in [0.25, 0.3) is 0 Å². The van der Waals surface area contributed by atoms with E-state index in [4.69, 9.17) is 25.2 Å². The van der Waals surface area contributed by atoms with Gasteiger partial charge in [-0.2, -0.15) is 13.6 Å². The van der Waals surface area contributed by atoms with Gasteiger partial charge in [-0.05, 0) is 15.9 Å². The predicted octanol–water partition coefficient (Wildman–Crippen LogP) is -0.587. The highest BCUT2D eigenvalue weighted by Gasteiger charge is 2.61. The van der Waals surface area contributed by atoms with Gasteiger partial charge < -0.3 is 35.2 Å². The van der Waals surface area contributed by atoms with Gasteiger partial charge in [-0.3, -0.25) is 9.09 Å². The van der Waals surface area contributed by atoms with Crippen molar-refractivity contribution in [1.29, 1.82) is 0 Å². The first-order valence-electron chi connectivity index (χ1n) is 7.34. The summed E-state index contributed by atoms with van der Waals surface area (Å²) in [6, 6.07) is 0. The highest BCUT2D eigenvalue weighted by Crippen LogP contribution is 2.66. The van der Waals surface area contributed by atoms with Gasteiger partial charge >= 0.3 is 29.2 Å². The number of nitrogens with zero attached hydrogens (tertiary/aromatic N) is 2. The van der Waals surface area contributed by atoms with Crippen LogP contribution in [-0.2, 0) is 37.4 Å². The van der Waals surface area contributed by atoms with Crippen LogP contribution in [0.3, 0.4) is 0 Å². The van der Waals surface area contributed by atoms with E-state index in [1.54, 1.807) is 0 Å². The van der Waals surface area contributed by atoms with Crippen molar-refractivity contribution in [3.05, 3.63) is 22.5 Å². The molecule has 0 spiro atoms. The van der Waals surface area contributed by atoms with Crippen molar-refractivity contribution < 1.29 is 65.0 Å². The summed E-state index contributed by atoms with van der Waals surface area (Å²) in [5.41, 5.74) is 3.66. The molecule has 31 heavy (non-hydrogen) atoms. The van der Waals surface area contributed by atoms with Crippen LogP contribution in [0.5, 0.6) is 0 Å². The van der Waals surface area contributed by atoms with Gasteiger partial charge in [0.2, 0.25) is 5.79 Å². The standard InChI is InChI=1S/C9H13BrF2N3O13P3/c10-8(2-26-30(21,22)28-31(23,24)27-29(18,19)20)6(16)9(12,3-25-8)15-1-4(11)5(13)14-7(15)17/h1,6,16H,2-3H2,(H,21,22)(H,23,24)(H2,13,14,17)(H2,18,19,20)/t6-,8-,9-/m1/s1. The molecule has 16 nitrogen and oxygen atoms in total. The number of hydrogen-bond donors (Lipinski definition) is 6. The Kier molecular flexibility index (Phi) is 7.39. The van der Waals surface area contributed by atoms with E-state index in [0.29, 0.717) is 6.20 Å². The fourth-order valence-electron chi connectivity index (χ4n) is 2.22. The lowest BCUT2D eigenvalue weighted by Gasteiger charge is -2.30. The summed E-state index contributed by atoms with van der Waals surface area (Å²) in [5.74, 6) is -5.36. The van der Waals surface area contributed by atoms with Crippen LogP contribution in [0.4, 0.5) is 14.6 Å². The summed E-state index contributed by atoms with van der Waals surface area (Å²) < 4.78 is 76.2. The lowest BCUT2D eigenvalue weighted by Crippen LogP contribution is -2.51. The second kappa shape index (κ2) is 8.61. The molecule has 2 unspecified atom stereocenters. The number of rotatable bonds is 8. The summed E-state index contributed by atoms with van der Waals surface area (Å²) in [7, 11) is -17.1. The molecule has 1 fully saturated rings. The van der Waals surface area contributed by atoms with E-state index in [9.17, 15) is 32.9 Å². The number of halogens is 3. The fraction of sp³-hybridized carbons (Fsp3) is 0.556. The molecule has 1 aliphatic heterocycles. The van der Waals surface area contributed by atoms with Crippen LogP contribution >= 0.6 is 39.4 Å². The Morgan fingerprint density at radius 2 is 1.87 bits per heavy atom. The van der Waals surface area contributed by atoms with Crippen molar-refractivity contribution in [2.24, 2.45) is 0 Å². The van der Waals surface area contributed by atoms with E-state index < -0.39 is 70.4 Å². The molecular weight excluding hydrogens is 569 g/mol. The molecule has 5 atom stereocenters. The number of alkyl halides is 2. The Hall–Kier alpha value is -0.650. The number of aromatic nitrogens is 2. The van der Waals surface area contributed by atoms with Crippen LogP contribution in [-0.4, -0.2) is 58.1 Å². The van der Waals surface area contributed by atoms with Crippen molar-refractivity contribution in [1.82, 2.24) is 9.55 Å². The normalized spacial score (nSPS) is 30.6. The van der Waals surface area contributed by atoms with Gasteiger partial charge in [0.15, 0.2) is 22.2 Å². The number of ether oxygens (including phenoxy) is 1. The lowest BCUT2D eigenvalue weighted by molar-refractivity contribution is -0.0587. The zero-order valence-electron chi connectivity index (χ0n) is 14.5. The van der Waals surface area contributed by atoms with Crippen molar-refractivity contribution in [3.63, 3.8) is 0 Å². The number of hydrogen-bond acceptors (Lipinski definition) is 11. The molecule has 178 valence electrons. The van der Waals surface area contributed by atoms with Crippen LogP contribution in [0, 0.1) is 5.82 Å². The van der Waals surface area contributed by atoms with Gasteiger partial charge in [0.1, 0.15) is 13.2 Å². The Bertz CT molecular complexity index is 1070. The molecule has 1 aromatic rings. The maximum Gasteiger partial charge on any atom is 0.490 e. The number of nitrogen functional groups attached to an aromatic ring is 1. The Morgan fingerprint density at radius 3 is 2.42 bits per heavy atom. The Labute approximate surface area is 178 Å². The summed E-state index contributed by atoms with van der Waals surface area (Å²) in [6.45, 7) is -2.47. The van der Waals surface area contributed by atoms with Crippen molar-refractivity contribution in [2.45, 2.75) is 16.4 Å². The van der Waals surface area contributed by atoms with Crippen molar-refractivity contribution in [3.8, 4) is 0 Å². The van der Waals surface area contributed by atoms with Crippen LogP contribution in [0.1, 0.15) is 0 Å². The first-order valence-corrected chi connectivity index (χ1v) is 12.6. The lowest BCUT2D eigenvalue weighted by atomic mass is 10.1. The average Bonchev–Trinajstić information content (AvgIpc) is 2.79. The smallest absolute Gasteiger partial charge is 0.384 e. The largest absolute Gasteiger partial charge is 0.490 e. The zero-order valence-corrected chi connectivity index (χ0v) is 18.8. The summed E-state index contributed by atoms with van der Waals surface area (Å²) in [6.07, 6.45) is -2.16. The molecule has 2 rings (SSSR count). The summed E-state index contributed by atoms with van der Waals surface area (Å²) in [5, 5.41) is 10.3. The number of nitrogens with two attached hydrogens (primary N) is 1. The number of aliphatic hydroxyl groups is 1. The molecule has 0 amide bonds. The molecule has 1 saturated heterocycles. The molecule has 1 aromatic heterocycles. The Morgan fingerprint density at radius 1 is 1.29 bits per heavy atom. The molecule has 0 aliphatic carbocycles. The minimum absolute atomic E-state index is 0.0111. The van der Waals surface area contributed by atoms with Gasteiger partial charge in [0.05, 0.1) is 6.20 Å². The third-order valence-electron chi connectivity index (χ3n) is 3.49. The summed E-state index contributed by atoms with van der Waals surface area (Å²) in [4.78, 5) is 50.3. The van der Waals surface area contributed by atoms with Crippen LogP contribution < -0.4 is 11.4 Å².